The molecule has 2 amide bonds. The van der Waals surface area contributed by atoms with E-state index >= 15 is 0 Å². The number of ether oxygens (including phenoxy) is 4. The monoisotopic (exact) mass is 444 g/mol. The number of alkyl carbamates (subject to hydrolysis) is 1. The minimum atomic E-state index is -0.668. The van der Waals surface area contributed by atoms with E-state index in [0.29, 0.717) is 26.2 Å². The topological polar surface area (TPSA) is 103 Å². The molecule has 1 atom stereocenters. The van der Waals surface area contributed by atoms with Crippen molar-refractivity contribution in [2.24, 2.45) is 0 Å². The molecule has 0 saturated heterocycles. The lowest BCUT2D eigenvalue weighted by Gasteiger charge is -2.29. The number of esters is 1. The van der Waals surface area contributed by atoms with Crippen molar-refractivity contribution in [3.05, 3.63) is 0 Å². The minimum Gasteiger partial charge on any atom is -0.464 e. The summed E-state index contributed by atoms with van der Waals surface area (Å²) in [7, 11) is 1.71. The van der Waals surface area contributed by atoms with Gasteiger partial charge in [-0.15, -0.1) is 0 Å². The van der Waals surface area contributed by atoms with E-state index in [2.05, 4.69) is 5.32 Å². The van der Waals surface area contributed by atoms with Gasteiger partial charge in [0.25, 0.3) is 0 Å². The molecule has 0 radical (unpaired) electrons. The van der Waals surface area contributed by atoms with Crippen LogP contribution in [-0.2, 0) is 28.5 Å². The molecule has 0 aliphatic heterocycles. The lowest BCUT2D eigenvalue weighted by Crippen LogP contribution is -2.50. The predicted octanol–water partition coefficient (Wildman–Crippen LogP) is 1.54. The minimum absolute atomic E-state index is 0.0905. The third-order valence-electron chi connectivity index (χ3n) is 3.69. The van der Waals surface area contributed by atoms with E-state index in [0.717, 1.165) is 0 Å². The molecule has 0 bridgehead atoms. The fraction of sp³-hybridized carbons (Fsp3) is 0.857. The summed E-state index contributed by atoms with van der Waals surface area (Å²) < 4.78 is 21.7. The number of rotatable bonds is 13. The van der Waals surface area contributed by atoms with Crippen LogP contribution >= 0.6 is 0 Å². The van der Waals surface area contributed by atoms with Crippen molar-refractivity contribution in [1.29, 1.82) is 0 Å². The van der Waals surface area contributed by atoms with Gasteiger partial charge in [0.2, 0.25) is 5.91 Å². The molecule has 10 heteroatoms. The van der Waals surface area contributed by atoms with Gasteiger partial charge in [0, 0.05) is 6.54 Å². The van der Waals surface area contributed by atoms with Crippen molar-refractivity contribution in [1.82, 2.24) is 10.2 Å². The average molecular weight is 444 g/mol. The zero-order chi connectivity index (χ0) is 24.1. The Morgan fingerprint density at radius 1 is 1.00 bits per heavy atom. The summed E-state index contributed by atoms with van der Waals surface area (Å²) in [6.07, 6.45) is 0.297. The molecule has 0 aliphatic carbocycles. The second-order valence-electron chi connectivity index (χ2n) is 9.23. The highest BCUT2D eigenvalue weighted by molar-refractivity contribution is 6.19. The van der Waals surface area contributed by atoms with Crippen LogP contribution in [0.15, 0.2) is 0 Å². The van der Waals surface area contributed by atoms with E-state index in [9.17, 15) is 14.4 Å². The molecule has 180 valence electrons. The number of hydrogen-bond donors (Lipinski definition) is 1. The second kappa shape index (κ2) is 14.3. The largest absolute Gasteiger partial charge is 0.464 e. The van der Waals surface area contributed by atoms with E-state index in [1.807, 2.05) is 27.7 Å². The predicted molar refractivity (Wildman–Crippen MR) is 121 cm³/mol. The number of nitrogens with one attached hydrogen (secondary N) is 1. The maximum Gasteiger partial charge on any atom is 0.408 e. The molecule has 0 heterocycles. The van der Waals surface area contributed by atoms with E-state index in [-0.39, 0.29) is 37.5 Å². The first-order valence-corrected chi connectivity index (χ1v) is 10.9. The molecule has 0 aromatic carbocycles. The molecular formula is C21H41BN2O7. The molecule has 0 aromatic rings. The van der Waals surface area contributed by atoms with E-state index in [1.165, 1.54) is 4.90 Å². The van der Waals surface area contributed by atoms with Gasteiger partial charge in [0.05, 0.1) is 38.1 Å². The summed E-state index contributed by atoms with van der Waals surface area (Å²) >= 11 is 0. The fourth-order valence-electron chi connectivity index (χ4n) is 2.41. The Kier molecular flexibility index (Phi) is 13.5. The first kappa shape index (κ1) is 29.2. The first-order valence-electron chi connectivity index (χ1n) is 10.9. The third kappa shape index (κ3) is 16.5. The van der Waals surface area contributed by atoms with E-state index in [4.69, 9.17) is 18.9 Å². The molecule has 9 nitrogen and oxygen atoms in total. The van der Waals surface area contributed by atoms with Crippen LogP contribution < -0.4 is 5.32 Å². The molecule has 0 rings (SSSR count). The molecule has 31 heavy (non-hydrogen) atoms. The Bertz CT molecular complexity index is 559. The Morgan fingerprint density at radius 3 is 2.16 bits per heavy atom. The van der Waals surface area contributed by atoms with Crippen molar-refractivity contribution < 1.29 is 33.3 Å². The number of carbonyl (C=O) groups excluding carboxylic acids is 3. The average Bonchev–Trinajstić information content (AvgIpc) is 2.62. The first-order chi connectivity index (χ1) is 14.3. The van der Waals surface area contributed by atoms with Gasteiger partial charge in [-0.1, -0.05) is 6.92 Å². The van der Waals surface area contributed by atoms with Crippen LogP contribution in [0.5, 0.6) is 0 Å². The van der Waals surface area contributed by atoms with Crippen LogP contribution in [0.4, 0.5) is 4.79 Å². The zero-order valence-corrected chi connectivity index (χ0v) is 20.5. The highest BCUT2D eigenvalue weighted by Crippen LogP contribution is 2.08. The maximum absolute atomic E-state index is 12.4. The summed E-state index contributed by atoms with van der Waals surface area (Å²) in [6.45, 7) is 14.1. The van der Waals surface area contributed by atoms with Gasteiger partial charge in [0.15, 0.2) is 0 Å². The smallest absolute Gasteiger partial charge is 0.408 e. The standard InChI is InChI=1S/C21H41BN2O7/c1-8-9-29-18(26)14-24(17(25)12-22)13-16(23-19(27)31-21(5,6)7)15-28-10-11-30-20(2,3)4/h16H,8-15,22H2,1-7H3,(H,23,27)/t16-/m1/s1. The fourth-order valence-corrected chi connectivity index (χ4v) is 2.41. The summed E-state index contributed by atoms with van der Waals surface area (Å²) in [6, 6.07) is -0.570. The van der Waals surface area contributed by atoms with Gasteiger partial charge in [-0.2, -0.15) is 0 Å². The summed E-state index contributed by atoms with van der Waals surface area (Å²) in [5.41, 5.74) is -0.945. The van der Waals surface area contributed by atoms with Gasteiger partial charge in [-0.05, 0) is 54.3 Å². The van der Waals surface area contributed by atoms with Crippen LogP contribution in [0.1, 0.15) is 54.9 Å². The van der Waals surface area contributed by atoms with Crippen LogP contribution in [0, 0.1) is 0 Å². The van der Waals surface area contributed by atoms with Crippen LogP contribution in [-0.4, -0.2) is 87.5 Å². The van der Waals surface area contributed by atoms with Crippen molar-refractivity contribution in [3.63, 3.8) is 0 Å². The zero-order valence-electron chi connectivity index (χ0n) is 20.5. The normalized spacial score (nSPS) is 12.7. The Morgan fingerprint density at radius 2 is 1.65 bits per heavy atom. The van der Waals surface area contributed by atoms with Gasteiger partial charge < -0.3 is 29.2 Å². The number of hydrogen-bond acceptors (Lipinski definition) is 7. The summed E-state index contributed by atoms with van der Waals surface area (Å²) in [4.78, 5) is 38.0. The molecule has 0 unspecified atom stereocenters. The lowest BCUT2D eigenvalue weighted by atomic mass is 10.0. The van der Waals surface area contributed by atoms with Crippen LogP contribution in [0.2, 0.25) is 6.32 Å². The highest BCUT2D eigenvalue weighted by Gasteiger charge is 2.25. The van der Waals surface area contributed by atoms with Crippen LogP contribution in [0.25, 0.3) is 0 Å². The summed E-state index contributed by atoms with van der Waals surface area (Å²) in [5, 5.41) is 2.73. The summed E-state index contributed by atoms with van der Waals surface area (Å²) in [5.74, 6) is -0.709. The number of nitrogens with zero attached hydrogens (tertiary/aromatic N) is 1. The molecule has 0 aromatic heterocycles. The van der Waals surface area contributed by atoms with Crippen molar-refractivity contribution in [2.75, 3.05) is 39.5 Å². The highest BCUT2D eigenvalue weighted by atomic mass is 16.6. The second-order valence-corrected chi connectivity index (χ2v) is 9.23. The van der Waals surface area contributed by atoms with Crippen molar-refractivity contribution in [2.45, 2.75) is 78.5 Å². The maximum atomic E-state index is 12.4. The molecule has 1 N–H and O–H groups in total. The van der Waals surface area contributed by atoms with Gasteiger partial charge in [0.1, 0.15) is 20.0 Å². The Balaban J connectivity index is 5.06. The molecule has 0 spiro atoms. The third-order valence-corrected chi connectivity index (χ3v) is 3.69. The number of carbonyl (C=O) groups is 3. The van der Waals surface area contributed by atoms with Crippen molar-refractivity contribution in [3.8, 4) is 0 Å². The molecule has 0 fully saturated rings. The molecular weight excluding hydrogens is 403 g/mol. The van der Waals surface area contributed by atoms with Gasteiger partial charge >= 0.3 is 12.1 Å². The van der Waals surface area contributed by atoms with E-state index < -0.39 is 23.7 Å². The van der Waals surface area contributed by atoms with Gasteiger partial charge in [-0.25, -0.2) is 4.79 Å². The van der Waals surface area contributed by atoms with Crippen LogP contribution in [0.3, 0.4) is 0 Å². The quantitative estimate of drug-likeness (QED) is 0.261. The van der Waals surface area contributed by atoms with E-state index in [1.54, 1.807) is 28.6 Å². The van der Waals surface area contributed by atoms with Gasteiger partial charge in [-0.3, -0.25) is 9.59 Å². The number of amides is 2. The lowest BCUT2D eigenvalue weighted by molar-refractivity contribution is -0.149. The van der Waals surface area contributed by atoms with Crippen molar-refractivity contribution >= 4 is 25.8 Å². The SMILES string of the molecule is BCC(=O)N(CC(=O)OCCC)C[C@H](COCCOC(C)(C)C)NC(=O)OC(C)(C)C. The Labute approximate surface area is 187 Å². The molecule has 0 saturated carbocycles. The Hall–Kier alpha value is -1.81. The molecule has 0 aliphatic rings.